The fourth-order valence-electron chi connectivity index (χ4n) is 2.41. The summed E-state index contributed by atoms with van der Waals surface area (Å²) >= 11 is 1.48. The third-order valence-corrected chi connectivity index (χ3v) is 4.03. The third-order valence-electron chi connectivity index (χ3n) is 3.44. The van der Waals surface area contributed by atoms with Crippen LogP contribution in [0.3, 0.4) is 0 Å². The maximum atomic E-state index is 12.2. The van der Waals surface area contributed by atoms with Gasteiger partial charge in [-0.2, -0.15) is 0 Å². The van der Waals surface area contributed by atoms with E-state index in [1.54, 1.807) is 5.51 Å². The fraction of sp³-hybridized carbons (Fsp3) is 0.692. The molecule has 1 aliphatic rings. The highest BCUT2D eigenvalue weighted by Crippen LogP contribution is 2.21. The maximum absolute atomic E-state index is 12.2. The topological polar surface area (TPSA) is 36.4 Å². The van der Waals surface area contributed by atoms with Crippen LogP contribution in [0.1, 0.15) is 29.8 Å². The molecule has 0 unspecified atom stereocenters. The Balaban J connectivity index is 1.88. The Morgan fingerprint density at radius 3 is 3.11 bits per heavy atom. The predicted molar refractivity (Wildman–Crippen MR) is 73.9 cm³/mol. The van der Waals surface area contributed by atoms with Crippen LogP contribution in [0.4, 0.5) is 0 Å². The van der Waals surface area contributed by atoms with Crippen molar-refractivity contribution in [1.29, 1.82) is 0 Å². The quantitative estimate of drug-likeness (QED) is 0.836. The van der Waals surface area contributed by atoms with Crippen LogP contribution in [-0.2, 0) is 0 Å². The summed E-state index contributed by atoms with van der Waals surface area (Å²) in [7, 11) is 4.20. The van der Waals surface area contributed by atoms with E-state index in [2.05, 4.69) is 24.0 Å². The van der Waals surface area contributed by atoms with Crippen molar-refractivity contribution in [2.45, 2.75) is 19.3 Å². The van der Waals surface area contributed by atoms with E-state index >= 15 is 0 Å². The van der Waals surface area contributed by atoms with Crippen LogP contribution in [0.15, 0.2) is 10.9 Å². The van der Waals surface area contributed by atoms with Crippen molar-refractivity contribution >= 4 is 17.2 Å². The summed E-state index contributed by atoms with van der Waals surface area (Å²) in [5.74, 6) is 0.745. The molecule has 1 aromatic heterocycles. The second kappa shape index (κ2) is 6.29. The molecule has 1 atom stereocenters. The number of piperidine rings is 1. The van der Waals surface area contributed by atoms with Gasteiger partial charge in [0.1, 0.15) is 5.69 Å². The first-order valence-electron chi connectivity index (χ1n) is 6.49. The van der Waals surface area contributed by atoms with Crippen LogP contribution in [0, 0.1) is 5.92 Å². The van der Waals surface area contributed by atoms with Crippen molar-refractivity contribution < 1.29 is 4.79 Å². The lowest BCUT2D eigenvalue weighted by molar-refractivity contribution is 0.0658. The van der Waals surface area contributed by atoms with Crippen LogP contribution in [0.25, 0.3) is 0 Å². The number of carbonyl (C=O) groups excluding carboxylic acids is 1. The molecule has 5 heteroatoms. The standard InChI is InChI=1S/C13H21N3OS/c1-15(2)7-5-11-4-3-6-16(8-11)13(17)12-9-18-10-14-12/h9-11H,3-8H2,1-2H3/t11-/m1/s1. The SMILES string of the molecule is CN(C)CC[C@H]1CCCN(C(=O)c2cscn2)C1. The number of rotatable bonds is 4. The summed E-state index contributed by atoms with van der Waals surface area (Å²) in [6, 6.07) is 0. The summed E-state index contributed by atoms with van der Waals surface area (Å²) < 4.78 is 0. The van der Waals surface area contributed by atoms with E-state index in [9.17, 15) is 4.79 Å². The molecule has 100 valence electrons. The van der Waals surface area contributed by atoms with Gasteiger partial charge < -0.3 is 9.80 Å². The lowest BCUT2D eigenvalue weighted by atomic mass is 9.94. The monoisotopic (exact) mass is 267 g/mol. The number of likely N-dealkylation sites (tertiary alicyclic amines) is 1. The Kier molecular flexibility index (Phi) is 4.72. The zero-order chi connectivity index (χ0) is 13.0. The first-order chi connectivity index (χ1) is 8.66. The van der Waals surface area contributed by atoms with Gasteiger partial charge in [0.25, 0.3) is 5.91 Å². The number of carbonyl (C=O) groups is 1. The van der Waals surface area contributed by atoms with Gasteiger partial charge in [-0.15, -0.1) is 11.3 Å². The minimum Gasteiger partial charge on any atom is -0.337 e. The second-order valence-electron chi connectivity index (χ2n) is 5.23. The molecule has 0 radical (unpaired) electrons. The van der Waals surface area contributed by atoms with E-state index in [-0.39, 0.29) is 5.91 Å². The van der Waals surface area contributed by atoms with Gasteiger partial charge >= 0.3 is 0 Å². The maximum Gasteiger partial charge on any atom is 0.273 e. The number of amides is 1. The molecule has 1 aliphatic heterocycles. The molecule has 0 aromatic carbocycles. The van der Waals surface area contributed by atoms with Gasteiger partial charge in [0.05, 0.1) is 5.51 Å². The molecule has 0 N–H and O–H groups in total. The summed E-state index contributed by atoms with van der Waals surface area (Å²) in [6.45, 7) is 2.88. The van der Waals surface area contributed by atoms with Gasteiger partial charge in [-0.1, -0.05) is 0 Å². The molecule has 2 heterocycles. The average Bonchev–Trinajstić information content (AvgIpc) is 2.89. The molecule has 18 heavy (non-hydrogen) atoms. The van der Waals surface area contributed by atoms with E-state index in [1.165, 1.54) is 24.2 Å². The first kappa shape index (κ1) is 13.5. The number of nitrogens with zero attached hydrogens (tertiary/aromatic N) is 3. The lowest BCUT2D eigenvalue weighted by Crippen LogP contribution is -2.40. The predicted octanol–water partition coefficient (Wildman–Crippen LogP) is 1.95. The van der Waals surface area contributed by atoms with Crippen molar-refractivity contribution in [1.82, 2.24) is 14.8 Å². The van der Waals surface area contributed by atoms with Crippen molar-refractivity contribution in [3.8, 4) is 0 Å². The Bertz CT molecular complexity index is 378. The molecule has 1 aromatic rings. The smallest absolute Gasteiger partial charge is 0.273 e. The average molecular weight is 267 g/mol. The summed E-state index contributed by atoms with van der Waals surface area (Å²) in [4.78, 5) is 20.5. The Morgan fingerprint density at radius 2 is 2.44 bits per heavy atom. The van der Waals surface area contributed by atoms with Gasteiger partial charge in [-0.25, -0.2) is 4.98 Å². The van der Waals surface area contributed by atoms with Crippen LogP contribution in [0.5, 0.6) is 0 Å². The van der Waals surface area contributed by atoms with Crippen molar-refractivity contribution in [3.63, 3.8) is 0 Å². The van der Waals surface area contributed by atoms with E-state index in [1.807, 2.05) is 10.3 Å². The van der Waals surface area contributed by atoms with Gasteiger partial charge in [0, 0.05) is 18.5 Å². The van der Waals surface area contributed by atoms with Crippen molar-refractivity contribution in [2.24, 2.45) is 5.92 Å². The van der Waals surface area contributed by atoms with E-state index < -0.39 is 0 Å². The molecule has 0 bridgehead atoms. The minimum absolute atomic E-state index is 0.103. The van der Waals surface area contributed by atoms with Crippen molar-refractivity contribution in [2.75, 3.05) is 33.7 Å². The molecule has 4 nitrogen and oxygen atoms in total. The molecular weight excluding hydrogens is 246 g/mol. The van der Waals surface area contributed by atoms with Crippen LogP contribution in [-0.4, -0.2) is 54.4 Å². The Labute approximate surface area is 113 Å². The molecule has 1 fully saturated rings. The van der Waals surface area contributed by atoms with Gasteiger partial charge in [0.15, 0.2) is 0 Å². The number of hydrogen-bond donors (Lipinski definition) is 0. The highest BCUT2D eigenvalue weighted by molar-refractivity contribution is 7.07. The molecular formula is C13H21N3OS. The zero-order valence-corrected chi connectivity index (χ0v) is 11.9. The van der Waals surface area contributed by atoms with E-state index in [0.717, 1.165) is 26.1 Å². The summed E-state index contributed by atoms with van der Waals surface area (Å²) in [5.41, 5.74) is 2.33. The number of thiazole rings is 1. The number of aromatic nitrogens is 1. The largest absolute Gasteiger partial charge is 0.337 e. The first-order valence-corrected chi connectivity index (χ1v) is 7.43. The molecule has 0 saturated carbocycles. The Morgan fingerprint density at radius 1 is 1.61 bits per heavy atom. The normalized spacial score (nSPS) is 20.4. The highest BCUT2D eigenvalue weighted by Gasteiger charge is 2.25. The lowest BCUT2D eigenvalue weighted by Gasteiger charge is -2.33. The minimum atomic E-state index is 0.103. The van der Waals surface area contributed by atoms with E-state index in [0.29, 0.717) is 11.6 Å². The highest BCUT2D eigenvalue weighted by atomic mass is 32.1. The molecule has 0 aliphatic carbocycles. The fourth-order valence-corrected chi connectivity index (χ4v) is 2.93. The van der Waals surface area contributed by atoms with E-state index in [4.69, 9.17) is 0 Å². The second-order valence-corrected chi connectivity index (χ2v) is 5.94. The molecule has 1 amide bonds. The molecule has 0 spiro atoms. The summed E-state index contributed by atoms with van der Waals surface area (Å²) in [6.07, 6.45) is 3.54. The van der Waals surface area contributed by atoms with Crippen molar-refractivity contribution in [3.05, 3.63) is 16.6 Å². The van der Waals surface area contributed by atoms with Gasteiger partial charge in [-0.05, 0) is 45.8 Å². The third kappa shape index (κ3) is 3.53. The molecule has 1 saturated heterocycles. The van der Waals surface area contributed by atoms with Gasteiger partial charge in [-0.3, -0.25) is 4.79 Å². The summed E-state index contributed by atoms with van der Waals surface area (Å²) in [5, 5.41) is 1.84. The zero-order valence-electron chi connectivity index (χ0n) is 11.1. The van der Waals surface area contributed by atoms with Crippen LogP contribution >= 0.6 is 11.3 Å². The Hall–Kier alpha value is -0.940. The molecule has 2 rings (SSSR count). The number of hydrogen-bond acceptors (Lipinski definition) is 4. The van der Waals surface area contributed by atoms with Crippen LogP contribution in [0.2, 0.25) is 0 Å². The van der Waals surface area contributed by atoms with Crippen LogP contribution < -0.4 is 0 Å². The van der Waals surface area contributed by atoms with Gasteiger partial charge in [0.2, 0.25) is 0 Å².